The van der Waals surface area contributed by atoms with E-state index in [0.29, 0.717) is 5.02 Å². The number of rotatable bonds is 5. The molecule has 7 nitrogen and oxygen atoms in total. The van der Waals surface area contributed by atoms with Gasteiger partial charge in [0, 0.05) is 37.3 Å². The molecule has 0 spiro atoms. The number of ether oxygens (including phenoxy) is 1. The third kappa shape index (κ3) is 5.04. The predicted molar refractivity (Wildman–Crippen MR) is 92.6 cm³/mol. The van der Waals surface area contributed by atoms with Crippen molar-refractivity contribution in [3.8, 4) is 0 Å². The maximum absolute atomic E-state index is 12.6. The molecule has 25 heavy (non-hydrogen) atoms. The number of allylic oxidation sites excluding steroid dienone is 1. The van der Waals surface area contributed by atoms with Gasteiger partial charge in [-0.15, -0.1) is 0 Å². The molecular weight excluding hydrogens is 368 g/mol. The van der Waals surface area contributed by atoms with Crippen LogP contribution in [0.3, 0.4) is 0 Å². The van der Waals surface area contributed by atoms with Gasteiger partial charge in [0.2, 0.25) is 10.0 Å². The average Bonchev–Trinajstić information content (AvgIpc) is 2.60. The second-order valence-electron chi connectivity index (χ2n) is 5.35. The largest absolute Gasteiger partial charge is 0.452 e. The van der Waals surface area contributed by atoms with E-state index < -0.39 is 16.0 Å². The van der Waals surface area contributed by atoms with E-state index in [9.17, 15) is 18.0 Å². The second-order valence-corrected chi connectivity index (χ2v) is 7.72. The van der Waals surface area contributed by atoms with Crippen molar-refractivity contribution in [2.45, 2.75) is 11.8 Å². The molecule has 0 unspecified atom stereocenters. The molecule has 1 aliphatic heterocycles. The van der Waals surface area contributed by atoms with Gasteiger partial charge in [-0.05, 0) is 31.2 Å². The lowest BCUT2D eigenvalue weighted by Gasteiger charge is -2.33. The predicted octanol–water partition coefficient (Wildman–Crippen LogP) is 1.29. The molecule has 136 valence electrons. The van der Waals surface area contributed by atoms with Gasteiger partial charge in [0.15, 0.2) is 6.61 Å². The number of carbonyl (C=O) groups excluding carboxylic acids is 2. The minimum absolute atomic E-state index is 0.164. The molecule has 0 saturated carbocycles. The number of sulfonamides is 1. The lowest BCUT2D eigenvalue weighted by molar-refractivity contribution is -0.148. The molecule has 0 radical (unpaired) electrons. The van der Waals surface area contributed by atoms with Crippen LogP contribution in [-0.2, 0) is 24.3 Å². The van der Waals surface area contributed by atoms with Crippen molar-refractivity contribution in [2.75, 3.05) is 32.8 Å². The number of nitrogens with zero attached hydrogens (tertiary/aromatic N) is 2. The number of amides is 1. The van der Waals surface area contributed by atoms with Gasteiger partial charge in [0.05, 0.1) is 4.90 Å². The van der Waals surface area contributed by atoms with Crippen LogP contribution < -0.4 is 0 Å². The van der Waals surface area contributed by atoms with Gasteiger partial charge in [0.25, 0.3) is 5.91 Å². The van der Waals surface area contributed by atoms with E-state index in [1.54, 1.807) is 6.92 Å². The highest BCUT2D eigenvalue weighted by atomic mass is 35.5. The van der Waals surface area contributed by atoms with Crippen LogP contribution in [0, 0.1) is 0 Å². The monoisotopic (exact) mass is 386 g/mol. The normalized spacial score (nSPS) is 16.2. The van der Waals surface area contributed by atoms with E-state index in [1.807, 2.05) is 0 Å². The van der Waals surface area contributed by atoms with Crippen LogP contribution in [0.1, 0.15) is 6.92 Å². The lowest BCUT2D eigenvalue weighted by Crippen LogP contribution is -2.51. The zero-order chi connectivity index (χ0) is 18.4. The SMILES string of the molecule is C/C=C/C(=O)OCC(=O)N1CCN(S(=O)(=O)c2ccc(Cl)cc2)CC1. The molecule has 1 aromatic carbocycles. The first kappa shape index (κ1) is 19.4. The maximum Gasteiger partial charge on any atom is 0.330 e. The van der Waals surface area contributed by atoms with E-state index in [-0.39, 0.29) is 43.6 Å². The fourth-order valence-corrected chi connectivity index (χ4v) is 3.89. The minimum atomic E-state index is -3.62. The molecule has 1 aromatic rings. The number of hydrogen-bond acceptors (Lipinski definition) is 5. The number of esters is 1. The van der Waals surface area contributed by atoms with Crippen molar-refractivity contribution < 1.29 is 22.7 Å². The Morgan fingerprint density at radius 2 is 1.76 bits per heavy atom. The first-order valence-corrected chi connectivity index (χ1v) is 9.49. The summed E-state index contributed by atoms with van der Waals surface area (Å²) < 4.78 is 31.3. The Morgan fingerprint density at radius 1 is 1.16 bits per heavy atom. The molecule has 0 bridgehead atoms. The smallest absolute Gasteiger partial charge is 0.330 e. The molecule has 1 fully saturated rings. The molecule has 1 saturated heterocycles. The summed E-state index contributed by atoms with van der Waals surface area (Å²) in [5, 5.41) is 0.460. The van der Waals surface area contributed by atoms with Crippen molar-refractivity contribution in [1.29, 1.82) is 0 Å². The van der Waals surface area contributed by atoms with E-state index in [1.165, 1.54) is 45.6 Å². The highest BCUT2D eigenvalue weighted by Gasteiger charge is 2.30. The zero-order valence-corrected chi connectivity index (χ0v) is 15.3. The van der Waals surface area contributed by atoms with Gasteiger partial charge in [-0.1, -0.05) is 17.7 Å². The van der Waals surface area contributed by atoms with Gasteiger partial charge in [0.1, 0.15) is 0 Å². The standard InChI is InChI=1S/C16H19ClN2O5S/c1-2-3-16(21)24-12-15(20)18-8-10-19(11-9-18)25(22,23)14-6-4-13(17)5-7-14/h2-7H,8-12H2,1H3/b3-2+. The summed E-state index contributed by atoms with van der Waals surface area (Å²) in [4.78, 5) is 24.9. The Bertz CT molecular complexity index is 753. The summed E-state index contributed by atoms with van der Waals surface area (Å²) in [5.41, 5.74) is 0. The number of piperazine rings is 1. The maximum atomic E-state index is 12.6. The van der Waals surface area contributed by atoms with Crippen molar-refractivity contribution >= 4 is 33.5 Å². The molecular formula is C16H19ClN2O5S. The summed E-state index contributed by atoms with van der Waals surface area (Å²) in [7, 11) is -3.62. The molecule has 2 rings (SSSR count). The van der Waals surface area contributed by atoms with E-state index in [0.717, 1.165) is 0 Å². The van der Waals surface area contributed by atoms with E-state index in [2.05, 4.69) is 0 Å². The van der Waals surface area contributed by atoms with Gasteiger partial charge in [-0.25, -0.2) is 13.2 Å². The highest BCUT2D eigenvalue weighted by molar-refractivity contribution is 7.89. The lowest BCUT2D eigenvalue weighted by atomic mass is 10.3. The summed E-state index contributed by atoms with van der Waals surface area (Å²) in [5.74, 6) is -0.929. The Hall–Kier alpha value is -1.90. The summed E-state index contributed by atoms with van der Waals surface area (Å²) in [6.45, 7) is 2.16. The van der Waals surface area contributed by atoms with Crippen molar-refractivity contribution in [1.82, 2.24) is 9.21 Å². The van der Waals surface area contributed by atoms with Crippen LogP contribution in [0.2, 0.25) is 5.02 Å². The Morgan fingerprint density at radius 3 is 2.32 bits per heavy atom. The quantitative estimate of drug-likeness (QED) is 0.562. The average molecular weight is 387 g/mol. The van der Waals surface area contributed by atoms with Crippen LogP contribution in [0.4, 0.5) is 0 Å². The number of halogens is 1. The van der Waals surface area contributed by atoms with Crippen molar-refractivity contribution in [2.24, 2.45) is 0 Å². The molecule has 9 heteroatoms. The first-order chi connectivity index (χ1) is 11.8. The Labute approximate surface area is 151 Å². The first-order valence-electron chi connectivity index (χ1n) is 7.67. The fraction of sp³-hybridized carbons (Fsp3) is 0.375. The van der Waals surface area contributed by atoms with Crippen LogP contribution in [0.25, 0.3) is 0 Å². The number of hydrogen-bond donors (Lipinski definition) is 0. The molecule has 0 N–H and O–H groups in total. The zero-order valence-electron chi connectivity index (χ0n) is 13.7. The van der Waals surface area contributed by atoms with Crippen molar-refractivity contribution in [3.63, 3.8) is 0 Å². The van der Waals surface area contributed by atoms with Gasteiger partial charge in [-0.2, -0.15) is 4.31 Å². The molecule has 0 aliphatic carbocycles. The van der Waals surface area contributed by atoms with Crippen LogP contribution >= 0.6 is 11.6 Å². The van der Waals surface area contributed by atoms with Gasteiger partial charge >= 0.3 is 5.97 Å². The fourth-order valence-electron chi connectivity index (χ4n) is 2.34. The van der Waals surface area contributed by atoms with E-state index in [4.69, 9.17) is 16.3 Å². The van der Waals surface area contributed by atoms with Gasteiger partial charge < -0.3 is 9.64 Å². The minimum Gasteiger partial charge on any atom is -0.452 e. The number of carbonyl (C=O) groups is 2. The Kier molecular flexibility index (Phi) is 6.57. The molecule has 1 heterocycles. The van der Waals surface area contributed by atoms with Crippen molar-refractivity contribution in [3.05, 3.63) is 41.4 Å². The molecule has 1 aliphatic rings. The molecule has 1 amide bonds. The molecule has 0 atom stereocenters. The second kappa shape index (κ2) is 8.46. The van der Waals surface area contributed by atoms with Crippen LogP contribution in [0.15, 0.2) is 41.3 Å². The molecule has 0 aromatic heterocycles. The summed E-state index contributed by atoms with van der Waals surface area (Å²) in [6, 6.07) is 5.95. The third-order valence-corrected chi connectivity index (χ3v) is 5.85. The summed E-state index contributed by atoms with van der Waals surface area (Å²) >= 11 is 5.78. The third-order valence-electron chi connectivity index (χ3n) is 3.68. The van der Waals surface area contributed by atoms with E-state index >= 15 is 0 Å². The van der Waals surface area contributed by atoms with Crippen LogP contribution in [0.5, 0.6) is 0 Å². The number of benzene rings is 1. The topological polar surface area (TPSA) is 84.0 Å². The highest BCUT2D eigenvalue weighted by Crippen LogP contribution is 2.19. The van der Waals surface area contributed by atoms with Crippen LogP contribution in [-0.4, -0.2) is 62.3 Å². The summed E-state index contributed by atoms with van der Waals surface area (Å²) in [6.07, 6.45) is 2.75. The van der Waals surface area contributed by atoms with Gasteiger partial charge in [-0.3, -0.25) is 4.79 Å². The Balaban J connectivity index is 1.91.